The van der Waals surface area contributed by atoms with Crippen molar-refractivity contribution in [2.24, 2.45) is 5.73 Å². The molecule has 0 saturated carbocycles. The Morgan fingerprint density at radius 3 is 2.45 bits per heavy atom. The number of benzene rings is 2. The number of carbonyl (C=O) groups is 2. The third-order valence-corrected chi connectivity index (χ3v) is 6.14. The monoisotopic (exact) mass is 494 g/mol. The summed E-state index contributed by atoms with van der Waals surface area (Å²) in [6, 6.07) is 13.9. The minimum absolute atomic E-state index is 0.0441. The Morgan fingerprint density at radius 1 is 1.09 bits per heavy atom. The van der Waals surface area contributed by atoms with Gasteiger partial charge in [0.2, 0.25) is 5.91 Å². The zero-order chi connectivity index (χ0) is 24.0. The van der Waals surface area contributed by atoms with Crippen LogP contribution in [0.25, 0.3) is 0 Å². The Bertz CT molecular complexity index is 956. The van der Waals surface area contributed by atoms with Crippen LogP contribution in [0.5, 0.6) is 0 Å². The lowest BCUT2D eigenvalue weighted by Gasteiger charge is -2.45. The van der Waals surface area contributed by atoms with Gasteiger partial charge in [-0.05, 0) is 48.2 Å². The Kier molecular flexibility index (Phi) is 9.11. The Balaban J connectivity index is 2.01. The molecule has 0 aromatic heterocycles. The predicted octanol–water partition coefficient (Wildman–Crippen LogP) is 3.40. The highest BCUT2D eigenvalue weighted by molar-refractivity contribution is 6.30. The molecule has 0 unspecified atom stereocenters. The molecule has 1 fully saturated rings. The molecule has 1 saturated heterocycles. The molecule has 3 rings (SSSR count). The van der Waals surface area contributed by atoms with Crippen LogP contribution in [0.4, 0.5) is 0 Å². The van der Waals surface area contributed by atoms with E-state index in [1.807, 2.05) is 24.3 Å². The number of halogens is 2. The van der Waals surface area contributed by atoms with E-state index in [1.165, 1.54) is 0 Å². The molecule has 2 aromatic rings. The molecule has 7 nitrogen and oxygen atoms in total. The lowest BCUT2D eigenvalue weighted by atomic mass is 9.90. The highest BCUT2D eigenvalue weighted by Crippen LogP contribution is 2.43. The van der Waals surface area contributed by atoms with E-state index in [-0.39, 0.29) is 18.7 Å². The molecule has 9 heteroatoms. The first-order valence-electron chi connectivity index (χ1n) is 10.8. The summed E-state index contributed by atoms with van der Waals surface area (Å²) in [4.78, 5) is 26.3. The number of ether oxygens (including phenoxy) is 1. The number of hydrogen-bond acceptors (Lipinski definition) is 5. The SMILES string of the molecule is NC(=O)CCCCN1C(=O)[C@@H](C[C@H](O)CO)O[C@H](c2cccc(Cl)c2)[C@@H]1c1ccc(Cl)cc1. The molecule has 1 aliphatic rings. The third-order valence-electron chi connectivity index (χ3n) is 5.65. The van der Waals surface area contributed by atoms with E-state index in [0.717, 1.165) is 11.1 Å². The van der Waals surface area contributed by atoms with Gasteiger partial charge in [-0.1, -0.05) is 47.5 Å². The summed E-state index contributed by atoms with van der Waals surface area (Å²) < 4.78 is 6.26. The quantitative estimate of drug-likeness (QED) is 0.438. The molecule has 0 radical (unpaired) electrons. The van der Waals surface area contributed by atoms with E-state index >= 15 is 0 Å². The topological polar surface area (TPSA) is 113 Å². The summed E-state index contributed by atoms with van der Waals surface area (Å²) in [7, 11) is 0. The Morgan fingerprint density at radius 2 is 1.82 bits per heavy atom. The summed E-state index contributed by atoms with van der Waals surface area (Å²) in [5.74, 6) is -0.682. The number of morpholine rings is 1. The third kappa shape index (κ3) is 6.68. The second-order valence-corrected chi connectivity index (χ2v) is 9.00. The van der Waals surface area contributed by atoms with E-state index in [0.29, 0.717) is 29.4 Å². The second kappa shape index (κ2) is 11.8. The van der Waals surface area contributed by atoms with E-state index in [1.54, 1.807) is 29.2 Å². The Hall–Kier alpha value is -2.16. The van der Waals surface area contributed by atoms with Crippen molar-refractivity contribution in [1.82, 2.24) is 4.90 Å². The van der Waals surface area contributed by atoms with Crippen LogP contribution in [-0.4, -0.2) is 52.3 Å². The summed E-state index contributed by atoms with van der Waals surface area (Å²) in [5, 5.41) is 20.4. The van der Waals surface area contributed by atoms with Crippen LogP contribution in [0.1, 0.15) is 49.0 Å². The number of nitrogens with two attached hydrogens (primary N) is 1. The van der Waals surface area contributed by atoms with Crippen molar-refractivity contribution in [3.05, 3.63) is 69.7 Å². The van der Waals surface area contributed by atoms with Gasteiger partial charge in [0.05, 0.1) is 18.8 Å². The number of unbranched alkanes of at least 4 members (excludes halogenated alkanes) is 1. The fourth-order valence-electron chi connectivity index (χ4n) is 4.06. The molecule has 2 amide bonds. The summed E-state index contributed by atoms with van der Waals surface area (Å²) in [6.07, 6.45) is -1.32. The van der Waals surface area contributed by atoms with Gasteiger partial charge in [-0.2, -0.15) is 0 Å². The minimum atomic E-state index is -1.09. The number of amides is 2. The van der Waals surface area contributed by atoms with Gasteiger partial charge in [-0.25, -0.2) is 0 Å². The average molecular weight is 495 g/mol. The molecule has 1 aliphatic heterocycles. The maximum Gasteiger partial charge on any atom is 0.252 e. The molecule has 0 aliphatic carbocycles. The smallest absolute Gasteiger partial charge is 0.252 e. The summed E-state index contributed by atoms with van der Waals surface area (Å²) in [5.41, 5.74) is 6.87. The zero-order valence-electron chi connectivity index (χ0n) is 18.1. The fourth-order valence-corrected chi connectivity index (χ4v) is 4.39. The molecule has 0 spiro atoms. The molecule has 178 valence electrons. The van der Waals surface area contributed by atoms with E-state index < -0.39 is 36.9 Å². The highest BCUT2D eigenvalue weighted by Gasteiger charge is 2.44. The van der Waals surface area contributed by atoms with Gasteiger partial charge in [0.25, 0.3) is 5.91 Å². The van der Waals surface area contributed by atoms with Gasteiger partial charge >= 0.3 is 0 Å². The fraction of sp³-hybridized carbons (Fsp3) is 0.417. The normalized spacial score (nSPS) is 21.8. The standard InChI is InChI=1S/C24H28Cl2N2O5/c25-17-9-7-15(8-10-17)22-23(16-4-3-5-18(26)12-16)33-20(13-19(30)14-29)24(32)28(22)11-2-1-6-21(27)31/h3-5,7-10,12,19-20,22-23,29-30H,1-2,6,11,13-14H2,(H2,27,31)/t19-,20+,22-,23+/m0/s1. The van der Waals surface area contributed by atoms with Crippen molar-refractivity contribution in [2.75, 3.05) is 13.2 Å². The molecule has 2 aromatic carbocycles. The molecular formula is C24H28Cl2N2O5. The van der Waals surface area contributed by atoms with E-state index in [9.17, 15) is 19.8 Å². The van der Waals surface area contributed by atoms with Crippen molar-refractivity contribution >= 4 is 35.0 Å². The maximum absolute atomic E-state index is 13.5. The van der Waals surface area contributed by atoms with Crippen LogP contribution in [0.2, 0.25) is 10.0 Å². The van der Waals surface area contributed by atoms with Crippen molar-refractivity contribution in [3.8, 4) is 0 Å². The number of carbonyl (C=O) groups excluding carboxylic acids is 2. The van der Waals surface area contributed by atoms with Crippen molar-refractivity contribution in [2.45, 2.75) is 50.0 Å². The number of aliphatic hydroxyl groups is 2. The van der Waals surface area contributed by atoms with Gasteiger partial charge in [0.15, 0.2) is 0 Å². The van der Waals surface area contributed by atoms with Crippen LogP contribution in [0.3, 0.4) is 0 Å². The van der Waals surface area contributed by atoms with Crippen LogP contribution < -0.4 is 5.73 Å². The minimum Gasteiger partial charge on any atom is -0.394 e. The maximum atomic E-state index is 13.5. The largest absolute Gasteiger partial charge is 0.394 e. The first-order chi connectivity index (χ1) is 15.8. The highest BCUT2D eigenvalue weighted by atomic mass is 35.5. The van der Waals surface area contributed by atoms with Gasteiger partial charge in [0, 0.05) is 29.4 Å². The molecular weight excluding hydrogens is 467 g/mol. The van der Waals surface area contributed by atoms with Crippen LogP contribution >= 0.6 is 23.2 Å². The molecule has 0 bridgehead atoms. The van der Waals surface area contributed by atoms with Gasteiger partial charge in [-0.3, -0.25) is 9.59 Å². The van der Waals surface area contributed by atoms with Crippen LogP contribution in [0, 0.1) is 0 Å². The van der Waals surface area contributed by atoms with E-state index in [2.05, 4.69) is 0 Å². The lowest BCUT2D eigenvalue weighted by Crippen LogP contribution is -2.52. The lowest BCUT2D eigenvalue weighted by molar-refractivity contribution is -0.178. The zero-order valence-corrected chi connectivity index (χ0v) is 19.6. The average Bonchev–Trinajstić information content (AvgIpc) is 2.79. The Labute approximate surface area is 203 Å². The first-order valence-corrected chi connectivity index (χ1v) is 11.6. The van der Waals surface area contributed by atoms with Crippen molar-refractivity contribution < 1.29 is 24.5 Å². The molecule has 4 atom stereocenters. The van der Waals surface area contributed by atoms with Crippen molar-refractivity contribution in [3.63, 3.8) is 0 Å². The van der Waals surface area contributed by atoms with E-state index in [4.69, 9.17) is 33.7 Å². The number of aliphatic hydroxyl groups excluding tert-OH is 2. The van der Waals surface area contributed by atoms with Crippen molar-refractivity contribution in [1.29, 1.82) is 0 Å². The second-order valence-electron chi connectivity index (χ2n) is 8.12. The number of nitrogens with zero attached hydrogens (tertiary/aromatic N) is 1. The van der Waals surface area contributed by atoms with Gasteiger partial charge < -0.3 is 25.6 Å². The summed E-state index contributed by atoms with van der Waals surface area (Å²) >= 11 is 12.3. The molecule has 33 heavy (non-hydrogen) atoms. The number of hydrogen-bond donors (Lipinski definition) is 3. The number of rotatable bonds is 10. The van der Waals surface area contributed by atoms with Gasteiger partial charge in [-0.15, -0.1) is 0 Å². The van der Waals surface area contributed by atoms with Crippen LogP contribution in [-0.2, 0) is 14.3 Å². The summed E-state index contributed by atoms with van der Waals surface area (Å²) in [6.45, 7) is -0.111. The predicted molar refractivity (Wildman–Crippen MR) is 126 cm³/mol. The first kappa shape index (κ1) is 25.5. The molecule has 1 heterocycles. The van der Waals surface area contributed by atoms with Gasteiger partial charge in [0.1, 0.15) is 12.2 Å². The number of primary amides is 1. The molecule has 4 N–H and O–H groups in total. The van der Waals surface area contributed by atoms with Crippen LogP contribution in [0.15, 0.2) is 48.5 Å².